The molecule has 0 spiro atoms. The van der Waals surface area contributed by atoms with Crippen LogP contribution in [0, 0.1) is 0 Å². The van der Waals surface area contributed by atoms with E-state index in [1.807, 2.05) is 0 Å². The predicted octanol–water partition coefficient (Wildman–Crippen LogP) is -2.01. The van der Waals surface area contributed by atoms with Gasteiger partial charge in [-0.05, 0) is 19.5 Å². The van der Waals surface area contributed by atoms with Crippen LogP contribution in [0.4, 0.5) is 0 Å². The Balaban J connectivity index is 3.44. The average molecular weight is 276 g/mol. The first kappa shape index (κ1) is 17.8. The highest BCUT2D eigenvalue weighted by molar-refractivity contribution is 5.69. The van der Waals surface area contributed by atoms with Crippen LogP contribution in [-0.4, -0.2) is 79.4 Å². The molecule has 19 heavy (non-hydrogen) atoms. The number of nitrogens with zero attached hydrogens (tertiary/aromatic N) is 1. The van der Waals surface area contributed by atoms with E-state index in [-0.39, 0.29) is 13.1 Å². The van der Waals surface area contributed by atoms with Gasteiger partial charge in [0.25, 0.3) is 0 Å². The number of hydrogen-bond donors (Lipinski definition) is 5. The SMILES string of the molecule is NCCN(CCCNCCNCC(=O)O)CC(=O)O. The number of aliphatic carboxylic acids is 2. The number of carbonyl (C=O) groups is 2. The Labute approximate surface area is 112 Å². The maximum atomic E-state index is 10.6. The first-order chi connectivity index (χ1) is 9.06. The van der Waals surface area contributed by atoms with Gasteiger partial charge in [0.1, 0.15) is 0 Å². The number of rotatable bonds is 13. The van der Waals surface area contributed by atoms with Gasteiger partial charge in [0.2, 0.25) is 0 Å². The van der Waals surface area contributed by atoms with E-state index in [0.29, 0.717) is 32.7 Å². The third kappa shape index (κ3) is 13.0. The van der Waals surface area contributed by atoms with Gasteiger partial charge in [0, 0.05) is 26.2 Å². The van der Waals surface area contributed by atoms with Gasteiger partial charge in [-0.3, -0.25) is 14.5 Å². The summed E-state index contributed by atoms with van der Waals surface area (Å²) in [5.41, 5.74) is 5.41. The van der Waals surface area contributed by atoms with Crippen LogP contribution in [-0.2, 0) is 9.59 Å². The van der Waals surface area contributed by atoms with Crippen molar-refractivity contribution in [3.63, 3.8) is 0 Å². The van der Waals surface area contributed by atoms with Crippen molar-refractivity contribution < 1.29 is 19.8 Å². The second-order valence-electron chi connectivity index (χ2n) is 4.13. The van der Waals surface area contributed by atoms with Crippen molar-refractivity contribution in [3.05, 3.63) is 0 Å². The molecule has 0 bridgehead atoms. The second kappa shape index (κ2) is 11.8. The van der Waals surface area contributed by atoms with Gasteiger partial charge in [-0.1, -0.05) is 0 Å². The van der Waals surface area contributed by atoms with Crippen LogP contribution >= 0.6 is 0 Å². The molecule has 0 saturated heterocycles. The van der Waals surface area contributed by atoms with E-state index in [9.17, 15) is 9.59 Å². The largest absolute Gasteiger partial charge is 0.480 e. The van der Waals surface area contributed by atoms with Crippen LogP contribution in [0.25, 0.3) is 0 Å². The summed E-state index contributed by atoms with van der Waals surface area (Å²) in [6.07, 6.45) is 0.826. The summed E-state index contributed by atoms with van der Waals surface area (Å²) in [7, 11) is 0. The monoisotopic (exact) mass is 276 g/mol. The molecule has 0 fully saturated rings. The van der Waals surface area contributed by atoms with Crippen molar-refractivity contribution in [2.24, 2.45) is 5.73 Å². The number of carboxylic acids is 2. The van der Waals surface area contributed by atoms with Crippen LogP contribution in [0.15, 0.2) is 0 Å². The number of carboxylic acid groups (broad SMARTS) is 2. The maximum absolute atomic E-state index is 10.6. The molecule has 0 aromatic heterocycles. The lowest BCUT2D eigenvalue weighted by Gasteiger charge is -2.19. The molecule has 0 aliphatic rings. The minimum atomic E-state index is -0.869. The summed E-state index contributed by atoms with van der Waals surface area (Å²) in [5.74, 6) is -1.72. The Morgan fingerprint density at radius 2 is 1.68 bits per heavy atom. The topological polar surface area (TPSA) is 128 Å². The highest BCUT2D eigenvalue weighted by Gasteiger charge is 2.07. The third-order valence-corrected chi connectivity index (χ3v) is 2.39. The normalized spacial score (nSPS) is 10.8. The molecule has 0 heterocycles. The fraction of sp³-hybridized carbons (Fsp3) is 0.818. The van der Waals surface area contributed by atoms with Crippen LogP contribution < -0.4 is 16.4 Å². The highest BCUT2D eigenvalue weighted by atomic mass is 16.4. The Kier molecular flexibility index (Phi) is 11.1. The molecule has 0 saturated carbocycles. The van der Waals surface area contributed by atoms with E-state index in [4.69, 9.17) is 15.9 Å². The van der Waals surface area contributed by atoms with Gasteiger partial charge in [-0.25, -0.2) is 0 Å². The van der Waals surface area contributed by atoms with E-state index in [1.54, 1.807) is 4.90 Å². The molecule has 0 aliphatic heterocycles. The zero-order chi connectivity index (χ0) is 14.5. The fourth-order valence-electron chi connectivity index (χ4n) is 1.57. The summed E-state index contributed by atoms with van der Waals surface area (Å²) in [4.78, 5) is 22.6. The van der Waals surface area contributed by atoms with E-state index in [1.165, 1.54) is 0 Å². The molecule has 0 aromatic carbocycles. The summed E-state index contributed by atoms with van der Waals surface area (Å²) in [6, 6.07) is 0. The summed E-state index contributed by atoms with van der Waals surface area (Å²) in [6.45, 7) is 3.71. The Morgan fingerprint density at radius 1 is 1.00 bits per heavy atom. The fourth-order valence-corrected chi connectivity index (χ4v) is 1.57. The van der Waals surface area contributed by atoms with Crippen molar-refractivity contribution in [2.75, 3.05) is 52.4 Å². The van der Waals surface area contributed by atoms with E-state index in [2.05, 4.69) is 10.6 Å². The molecule has 0 radical (unpaired) electrons. The first-order valence-corrected chi connectivity index (χ1v) is 6.33. The number of hydrogen-bond acceptors (Lipinski definition) is 6. The zero-order valence-corrected chi connectivity index (χ0v) is 11.1. The molecule has 8 nitrogen and oxygen atoms in total. The van der Waals surface area contributed by atoms with Gasteiger partial charge >= 0.3 is 11.9 Å². The lowest BCUT2D eigenvalue weighted by Crippen LogP contribution is -2.36. The molecule has 112 valence electrons. The smallest absolute Gasteiger partial charge is 0.317 e. The highest BCUT2D eigenvalue weighted by Crippen LogP contribution is 1.90. The molecule has 0 aliphatic carbocycles. The minimum absolute atomic E-state index is 0.0113. The third-order valence-electron chi connectivity index (χ3n) is 2.39. The minimum Gasteiger partial charge on any atom is -0.480 e. The number of nitrogens with one attached hydrogen (secondary N) is 2. The van der Waals surface area contributed by atoms with Gasteiger partial charge < -0.3 is 26.6 Å². The lowest BCUT2D eigenvalue weighted by atomic mass is 10.3. The summed E-state index contributed by atoms with van der Waals surface area (Å²) < 4.78 is 0. The van der Waals surface area contributed by atoms with Crippen LogP contribution in [0.2, 0.25) is 0 Å². The van der Waals surface area contributed by atoms with Crippen LogP contribution in [0.3, 0.4) is 0 Å². The van der Waals surface area contributed by atoms with Crippen LogP contribution in [0.1, 0.15) is 6.42 Å². The zero-order valence-electron chi connectivity index (χ0n) is 11.1. The van der Waals surface area contributed by atoms with Gasteiger partial charge in [0.15, 0.2) is 0 Å². The quantitative estimate of drug-likeness (QED) is 0.244. The standard InChI is InChI=1S/C11H24N4O4/c12-2-7-15(9-11(18)19)6-1-3-13-4-5-14-8-10(16)17/h13-14H,1-9,12H2,(H,16,17)(H,18,19). The van der Waals surface area contributed by atoms with Crippen molar-refractivity contribution in [1.29, 1.82) is 0 Å². The van der Waals surface area contributed by atoms with E-state index >= 15 is 0 Å². The maximum Gasteiger partial charge on any atom is 0.317 e. The molecule has 0 rings (SSSR count). The van der Waals surface area contributed by atoms with Crippen LogP contribution in [0.5, 0.6) is 0 Å². The van der Waals surface area contributed by atoms with E-state index in [0.717, 1.165) is 13.0 Å². The average Bonchev–Trinajstić information content (AvgIpc) is 2.31. The van der Waals surface area contributed by atoms with Crippen molar-refractivity contribution in [2.45, 2.75) is 6.42 Å². The molecular weight excluding hydrogens is 252 g/mol. The molecule has 8 heteroatoms. The van der Waals surface area contributed by atoms with Gasteiger partial charge in [-0.2, -0.15) is 0 Å². The molecule has 0 atom stereocenters. The van der Waals surface area contributed by atoms with Crippen molar-refractivity contribution in [3.8, 4) is 0 Å². The first-order valence-electron chi connectivity index (χ1n) is 6.33. The van der Waals surface area contributed by atoms with Crippen molar-refractivity contribution >= 4 is 11.9 Å². The van der Waals surface area contributed by atoms with Gasteiger partial charge in [0.05, 0.1) is 13.1 Å². The molecular formula is C11H24N4O4. The van der Waals surface area contributed by atoms with E-state index < -0.39 is 11.9 Å². The second-order valence-corrected chi connectivity index (χ2v) is 4.13. The lowest BCUT2D eigenvalue weighted by molar-refractivity contribution is -0.138. The molecule has 0 amide bonds. The van der Waals surface area contributed by atoms with Gasteiger partial charge in [-0.15, -0.1) is 0 Å². The summed E-state index contributed by atoms with van der Waals surface area (Å²) >= 11 is 0. The predicted molar refractivity (Wildman–Crippen MR) is 71.1 cm³/mol. The molecule has 6 N–H and O–H groups in total. The number of nitrogens with two attached hydrogens (primary N) is 1. The Hall–Kier alpha value is -1.22. The molecule has 0 unspecified atom stereocenters. The Morgan fingerprint density at radius 3 is 2.26 bits per heavy atom. The summed E-state index contributed by atoms with van der Waals surface area (Å²) in [5, 5.41) is 23.0. The molecule has 0 aromatic rings. The van der Waals surface area contributed by atoms with Crippen molar-refractivity contribution in [1.82, 2.24) is 15.5 Å². The Bertz CT molecular complexity index is 263.